The number of benzene rings is 1. The Morgan fingerprint density at radius 1 is 1.32 bits per heavy atom. The number of rotatable bonds is 3. The lowest BCUT2D eigenvalue weighted by Gasteiger charge is -2.38. The van der Waals surface area contributed by atoms with Crippen molar-refractivity contribution in [3.8, 4) is 5.75 Å². The van der Waals surface area contributed by atoms with Gasteiger partial charge in [-0.25, -0.2) is 0 Å². The summed E-state index contributed by atoms with van der Waals surface area (Å²) in [6.45, 7) is 8.86. The molecular formula is C17H26O2. The zero-order valence-electron chi connectivity index (χ0n) is 12.5. The number of hydrogen-bond donors (Lipinski definition) is 1. The van der Waals surface area contributed by atoms with E-state index >= 15 is 0 Å². The van der Waals surface area contributed by atoms with Crippen LogP contribution in [0.2, 0.25) is 0 Å². The molecule has 1 saturated carbocycles. The van der Waals surface area contributed by atoms with Gasteiger partial charge in [-0.15, -0.1) is 0 Å². The molecule has 0 radical (unpaired) electrons. The summed E-state index contributed by atoms with van der Waals surface area (Å²) in [6.07, 6.45) is 2.41. The predicted molar refractivity (Wildman–Crippen MR) is 78.6 cm³/mol. The van der Waals surface area contributed by atoms with Gasteiger partial charge < -0.3 is 9.84 Å². The van der Waals surface area contributed by atoms with E-state index in [-0.39, 0.29) is 17.6 Å². The van der Waals surface area contributed by atoms with E-state index in [9.17, 15) is 5.11 Å². The van der Waals surface area contributed by atoms with Crippen LogP contribution in [0.15, 0.2) is 24.3 Å². The minimum Gasteiger partial charge on any atom is -0.488 e. The Morgan fingerprint density at radius 3 is 2.74 bits per heavy atom. The average Bonchev–Trinajstić information content (AvgIpc) is 2.34. The quantitative estimate of drug-likeness (QED) is 0.887. The second-order valence-corrected chi connectivity index (χ2v) is 6.86. The highest BCUT2D eigenvalue weighted by Crippen LogP contribution is 2.37. The Kier molecular flexibility index (Phi) is 4.19. The fourth-order valence-corrected chi connectivity index (χ4v) is 2.75. The molecule has 0 aromatic heterocycles. The van der Waals surface area contributed by atoms with Crippen molar-refractivity contribution in [2.45, 2.75) is 65.1 Å². The third-order valence-electron chi connectivity index (χ3n) is 4.11. The van der Waals surface area contributed by atoms with Crippen molar-refractivity contribution < 1.29 is 9.84 Å². The van der Waals surface area contributed by atoms with Crippen molar-refractivity contribution in [3.63, 3.8) is 0 Å². The van der Waals surface area contributed by atoms with E-state index in [2.05, 4.69) is 39.8 Å². The molecule has 1 N–H and O–H groups in total. The number of aliphatic hydroxyl groups is 1. The summed E-state index contributed by atoms with van der Waals surface area (Å²) in [5.41, 5.74) is 1.54. The maximum absolute atomic E-state index is 10.1. The van der Waals surface area contributed by atoms with Gasteiger partial charge in [0.2, 0.25) is 0 Å². The summed E-state index contributed by atoms with van der Waals surface area (Å²) in [7, 11) is 0. The SMILES string of the molecule is CC(C)c1cccc(OC2CC(C)(C)CCC2O)c1. The van der Waals surface area contributed by atoms with Crippen LogP contribution in [0.5, 0.6) is 5.75 Å². The highest BCUT2D eigenvalue weighted by Gasteiger charge is 2.35. The molecule has 2 heteroatoms. The molecular weight excluding hydrogens is 236 g/mol. The van der Waals surface area contributed by atoms with E-state index < -0.39 is 0 Å². The Hall–Kier alpha value is -1.02. The van der Waals surface area contributed by atoms with Crippen molar-refractivity contribution in [1.29, 1.82) is 0 Å². The second-order valence-electron chi connectivity index (χ2n) is 6.86. The van der Waals surface area contributed by atoms with E-state index in [0.717, 1.165) is 25.0 Å². The summed E-state index contributed by atoms with van der Waals surface area (Å²) >= 11 is 0. The van der Waals surface area contributed by atoms with Crippen molar-refractivity contribution in [2.24, 2.45) is 5.41 Å². The molecule has 0 aliphatic heterocycles. The summed E-state index contributed by atoms with van der Waals surface area (Å²) in [5.74, 6) is 1.38. The van der Waals surface area contributed by atoms with Crippen molar-refractivity contribution in [2.75, 3.05) is 0 Å². The molecule has 0 saturated heterocycles. The molecule has 1 aliphatic carbocycles. The minimum absolute atomic E-state index is 0.0776. The number of ether oxygens (including phenoxy) is 1. The van der Waals surface area contributed by atoms with Crippen LogP contribution in [0.1, 0.15) is 58.4 Å². The molecule has 1 aliphatic rings. The van der Waals surface area contributed by atoms with E-state index in [4.69, 9.17) is 4.74 Å². The Bertz CT molecular complexity index is 423. The summed E-state index contributed by atoms with van der Waals surface area (Å²) in [6, 6.07) is 8.24. The Balaban J connectivity index is 2.09. The summed E-state index contributed by atoms with van der Waals surface area (Å²) < 4.78 is 6.04. The van der Waals surface area contributed by atoms with Gasteiger partial charge in [-0.3, -0.25) is 0 Å². The Morgan fingerprint density at radius 2 is 2.05 bits per heavy atom. The highest BCUT2D eigenvalue weighted by atomic mass is 16.5. The lowest BCUT2D eigenvalue weighted by molar-refractivity contribution is -0.0304. The molecule has 2 rings (SSSR count). The predicted octanol–water partition coefficient (Wildman–Crippen LogP) is 4.13. The first-order valence-corrected chi connectivity index (χ1v) is 7.32. The van der Waals surface area contributed by atoms with Crippen LogP contribution in [0.25, 0.3) is 0 Å². The van der Waals surface area contributed by atoms with E-state index in [1.807, 2.05) is 12.1 Å². The number of hydrogen-bond acceptors (Lipinski definition) is 2. The number of aliphatic hydroxyl groups excluding tert-OH is 1. The molecule has 2 nitrogen and oxygen atoms in total. The van der Waals surface area contributed by atoms with Gasteiger partial charge in [-0.1, -0.05) is 39.8 Å². The standard InChI is InChI=1S/C17H26O2/c1-12(2)13-6-5-7-14(10-13)19-16-11-17(3,4)9-8-15(16)18/h5-7,10,12,15-16,18H,8-9,11H2,1-4H3. The van der Waals surface area contributed by atoms with Gasteiger partial charge in [0, 0.05) is 0 Å². The smallest absolute Gasteiger partial charge is 0.125 e. The zero-order chi connectivity index (χ0) is 14.0. The molecule has 0 bridgehead atoms. The Labute approximate surface area is 116 Å². The first-order valence-electron chi connectivity index (χ1n) is 7.32. The fraction of sp³-hybridized carbons (Fsp3) is 0.647. The van der Waals surface area contributed by atoms with Crippen LogP contribution >= 0.6 is 0 Å². The van der Waals surface area contributed by atoms with E-state index in [0.29, 0.717) is 5.92 Å². The molecule has 0 spiro atoms. The fourth-order valence-electron chi connectivity index (χ4n) is 2.75. The lowest BCUT2D eigenvalue weighted by Crippen LogP contribution is -2.41. The maximum atomic E-state index is 10.1. The second kappa shape index (κ2) is 5.54. The molecule has 19 heavy (non-hydrogen) atoms. The molecule has 0 amide bonds. The van der Waals surface area contributed by atoms with E-state index in [1.54, 1.807) is 0 Å². The normalized spacial score (nSPS) is 26.4. The molecule has 106 valence electrons. The lowest BCUT2D eigenvalue weighted by atomic mass is 9.75. The minimum atomic E-state index is -0.337. The third kappa shape index (κ3) is 3.73. The summed E-state index contributed by atoms with van der Waals surface area (Å²) in [4.78, 5) is 0. The van der Waals surface area contributed by atoms with Gasteiger partial charge in [-0.05, 0) is 48.3 Å². The van der Waals surface area contributed by atoms with Crippen LogP contribution < -0.4 is 4.74 Å². The average molecular weight is 262 g/mol. The molecule has 2 unspecified atom stereocenters. The first kappa shape index (κ1) is 14.4. The van der Waals surface area contributed by atoms with Gasteiger partial charge in [0.25, 0.3) is 0 Å². The highest BCUT2D eigenvalue weighted by molar-refractivity contribution is 5.30. The topological polar surface area (TPSA) is 29.5 Å². The van der Waals surface area contributed by atoms with Crippen molar-refractivity contribution in [1.82, 2.24) is 0 Å². The van der Waals surface area contributed by atoms with Gasteiger partial charge in [0.1, 0.15) is 11.9 Å². The van der Waals surface area contributed by atoms with Gasteiger partial charge in [0.05, 0.1) is 6.10 Å². The monoisotopic (exact) mass is 262 g/mol. The third-order valence-corrected chi connectivity index (χ3v) is 4.11. The first-order chi connectivity index (χ1) is 8.87. The molecule has 1 fully saturated rings. The molecule has 2 atom stereocenters. The van der Waals surface area contributed by atoms with Gasteiger partial charge in [-0.2, -0.15) is 0 Å². The van der Waals surface area contributed by atoms with Crippen LogP contribution in [-0.2, 0) is 0 Å². The zero-order valence-corrected chi connectivity index (χ0v) is 12.5. The van der Waals surface area contributed by atoms with Gasteiger partial charge >= 0.3 is 0 Å². The van der Waals surface area contributed by atoms with Crippen LogP contribution in [0.4, 0.5) is 0 Å². The van der Waals surface area contributed by atoms with Crippen molar-refractivity contribution >= 4 is 0 Å². The van der Waals surface area contributed by atoms with Crippen LogP contribution in [0.3, 0.4) is 0 Å². The van der Waals surface area contributed by atoms with Gasteiger partial charge in [0.15, 0.2) is 0 Å². The molecule has 0 heterocycles. The van der Waals surface area contributed by atoms with E-state index in [1.165, 1.54) is 5.56 Å². The van der Waals surface area contributed by atoms with Crippen molar-refractivity contribution in [3.05, 3.63) is 29.8 Å². The molecule has 1 aromatic carbocycles. The maximum Gasteiger partial charge on any atom is 0.125 e. The van der Waals surface area contributed by atoms with Crippen LogP contribution in [-0.4, -0.2) is 17.3 Å². The summed E-state index contributed by atoms with van der Waals surface area (Å²) in [5, 5.41) is 10.1. The largest absolute Gasteiger partial charge is 0.488 e. The molecule has 1 aromatic rings. The van der Waals surface area contributed by atoms with Crippen LogP contribution in [0, 0.1) is 5.41 Å².